The van der Waals surface area contributed by atoms with Crippen LogP contribution < -0.4 is 5.32 Å². The van der Waals surface area contributed by atoms with Gasteiger partial charge in [0.1, 0.15) is 0 Å². The first kappa shape index (κ1) is 28.2. The van der Waals surface area contributed by atoms with E-state index in [4.69, 9.17) is 0 Å². The Morgan fingerprint density at radius 1 is 0.762 bits per heavy atom. The van der Waals surface area contributed by atoms with Crippen molar-refractivity contribution >= 4 is 11.6 Å². The van der Waals surface area contributed by atoms with Gasteiger partial charge >= 0.3 is 12.4 Å². The number of pyridine rings is 1. The molecule has 0 spiro atoms. The first-order valence-electron chi connectivity index (χ1n) is 13.9. The molecular weight excluding hydrogens is 558 g/mol. The Balaban J connectivity index is 1.30. The number of halogens is 6. The lowest BCUT2D eigenvalue weighted by Crippen LogP contribution is -2.32. The van der Waals surface area contributed by atoms with Gasteiger partial charge in [0, 0.05) is 17.3 Å². The van der Waals surface area contributed by atoms with Crippen LogP contribution in [0.4, 0.5) is 38.0 Å². The summed E-state index contributed by atoms with van der Waals surface area (Å²) in [7, 11) is 0. The Morgan fingerprint density at radius 2 is 1.50 bits per heavy atom. The van der Waals surface area contributed by atoms with E-state index in [1.165, 1.54) is 48.7 Å². The summed E-state index contributed by atoms with van der Waals surface area (Å²) in [6.07, 6.45) is -3.00. The minimum absolute atomic E-state index is 0.0290. The van der Waals surface area contributed by atoms with Gasteiger partial charge in [0.25, 0.3) is 5.82 Å². The third-order valence-electron chi connectivity index (χ3n) is 7.91. The van der Waals surface area contributed by atoms with Crippen molar-refractivity contribution in [2.24, 2.45) is 0 Å². The Labute approximate surface area is 238 Å². The zero-order valence-corrected chi connectivity index (χ0v) is 22.5. The second-order valence-electron chi connectivity index (χ2n) is 10.7. The van der Waals surface area contributed by atoms with E-state index >= 15 is 0 Å². The van der Waals surface area contributed by atoms with Crippen molar-refractivity contribution in [1.82, 2.24) is 24.6 Å². The Bertz CT molecular complexity index is 1570. The van der Waals surface area contributed by atoms with Gasteiger partial charge in [-0.3, -0.25) is 0 Å². The molecule has 3 heterocycles. The Kier molecular flexibility index (Phi) is 7.42. The number of fused-ring (bicyclic) bond motifs is 1. The summed E-state index contributed by atoms with van der Waals surface area (Å²) in [5, 5.41) is 6.64. The van der Waals surface area contributed by atoms with Crippen LogP contribution in [0.3, 0.4) is 0 Å². The first-order valence-corrected chi connectivity index (χ1v) is 13.9. The van der Waals surface area contributed by atoms with Gasteiger partial charge in [-0.2, -0.15) is 36.0 Å². The maximum atomic E-state index is 13.7. The molecule has 1 saturated heterocycles. The lowest BCUT2D eigenvalue weighted by Gasteiger charge is -2.25. The van der Waals surface area contributed by atoms with Crippen molar-refractivity contribution < 1.29 is 26.3 Å². The highest BCUT2D eigenvalue weighted by Gasteiger charge is 2.38. The lowest BCUT2D eigenvalue weighted by molar-refractivity contribution is -0.144. The number of hydrogen-bond donors (Lipinski definition) is 1. The molecule has 6 nitrogen and oxygen atoms in total. The summed E-state index contributed by atoms with van der Waals surface area (Å²) in [4.78, 5) is 10.6. The SMILES string of the molecule is FC(F)(F)c1cccc(-c2cccc(-n3nc(C(F)(F)F)nc3Nc3ccc4c(c3)CCC(N3CCCC3)CC4)n2)c1. The van der Waals surface area contributed by atoms with Gasteiger partial charge in [0.05, 0.1) is 11.3 Å². The third kappa shape index (κ3) is 5.99. The van der Waals surface area contributed by atoms with Crippen molar-refractivity contribution in [3.63, 3.8) is 0 Å². The summed E-state index contributed by atoms with van der Waals surface area (Å²) in [6.45, 7) is 2.27. The molecule has 2 aromatic carbocycles. The van der Waals surface area contributed by atoms with Crippen LogP contribution in [0.2, 0.25) is 0 Å². The van der Waals surface area contributed by atoms with Crippen molar-refractivity contribution in [3.8, 4) is 17.1 Å². The van der Waals surface area contributed by atoms with Crippen molar-refractivity contribution in [3.05, 3.63) is 83.2 Å². The molecule has 1 N–H and O–H groups in total. The number of rotatable bonds is 5. The number of anilines is 2. The average Bonchev–Trinajstić information content (AvgIpc) is 3.60. The molecule has 1 atom stereocenters. The summed E-state index contributed by atoms with van der Waals surface area (Å²) in [6, 6.07) is 15.3. The van der Waals surface area contributed by atoms with Gasteiger partial charge in [-0.05, 0) is 99.1 Å². The second kappa shape index (κ2) is 11.0. The quantitative estimate of drug-likeness (QED) is 0.194. The van der Waals surface area contributed by atoms with Crippen LogP contribution in [0.1, 0.15) is 48.2 Å². The highest BCUT2D eigenvalue weighted by molar-refractivity contribution is 5.62. The van der Waals surface area contributed by atoms with E-state index in [2.05, 4.69) is 25.3 Å². The molecule has 0 amide bonds. The molecule has 0 bridgehead atoms. The molecule has 1 fully saturated rings. The molecule has 0 saturated carbocycles. The van der Waals surface area contributed by atoms with Crippen LogP contribution in [0.15, 0.2) is 60.7 Å². The number of nitrogens with one attached hydrogen (secondary N) is 1. The van der Waals surface area contributed by atoms with E-state index in [-0.39, 0.29) is 23.0 Å². The predicted octanol–water partition coefficient (Wildman–Crippen LogP) is 7.45. The first-order chi connectivity index (χ1) is 20.0. The monoisotopic (exact) mass is 586 g/mol. The number of aromatic nitrogens is 4. The molecule has 42 heavy (non-hydrogen) atoms. The molecule has 220 valence electrons. The third-order valence-corrected chi connectivity index (χ3v) is 7.91. The summed E-state index contributed by atoms with van der Waals surface area (Å²) in [5.74, 6) is -1.60. The van der Waals surface area contributed by atoms with Crippen LogP contribution in [-0.4, -0.2) is 43.8 Å². The number of nitrogens with zero attached hydrogens (tertiary/aromatic N) is 5. The van der Waals surface area contributed by atoms with Crippen LogP contribution in [0, 0.1) is 0 Å². The van der Waals surface area contributed by atoms with Crippen LogP contribution in [0.5, 0.6) is 0 Å². The number of alkyl halides is 6. The van der Waals surface area contributed by atoms with E-state index in [1.54, 1.807) is 0 Å². The van der Waals surface area contributed by atoms with Gasteiger partial charge in [-0.15, -0.1) is 5.10 Å². The summed E-state index contributed by atoms with van der Waals surface area (Å²) < 4.78 is 81.7. The highest BCUT2D eigenvalue weighted by atomic mass is 19.4. The normalized spacial score (nSPS) is 18.1. The van der Waals surface area contributed by atoms with Crippen LogP contribution in [0.25, 0.3) is 17.1 Å². The van der Waals surface area contributed by atoms with E-state index in [0.717, 1.165) is 61.2 Å². The number of hydrogen-bond acceptors (Lipinski definition) is 5. The molecule has 1 aliphatic carbocycles. The Hall–Kier alpha value is -3.93. The number of likely N-dealkylation sites (tertiary alicyclic amines) is 1. The van der Waals surface area contributed by atoms with E-state index in [0.29, 0.717) is 11.7 Å². The van der Waals surface area contributed by atoms with Crippen molar-refractivity contribution in [1.29, 1.82) is 0 Å². The largest absolute Gasteiger partial charge is 0.453 e. The fourth-order valence-corrected chi connectivity index (χ4v) is 5.80. The standard InChI is InChI=1S/C30H28F6N6/c31-29(32,33)22-6-3-5-21(17-22)25-7-4-8-26(38-25)42-28(39-27(40-42)30(34,35)36)37-23-12-9-19-10-13-24(14-11-20(19)18-23)41-15-1-2-16-41/h3-9,12,17-18,24H,1-2,10-11,13-16H2,(H,37,39,40). The zero-order valence-electron chi connectivity index (χ0n) is 22.5. The number of aryl methyl sites for hydroxylation is 2. The minimum atomic E-state index is -4.82. The van der Waals surface area contributed by atoms with E-state index in [9.17, 15) is 26.3 Å². The molecule has 1 aliphatic heterocycles. The molecule has 12 heteroatoms. The van der Waals surface area contributed by atoms with E-state index < -0.39 is 23.7 Å². The molecule has 1 unspecified atom stereocenters. The topological polar surface area (TPSA) is 58.9 Å². The van der Waals surface area contributed by atoms with Crippen LogP contribution in [-0.2, 0) is 25.2 Å². The van der Waals surface area contributed by atoms with E-state index in [1.807, 2.05) is 18.2 Å². The van der Waals surface area contributed by atoms with Gasteiger partial charge in [-0.25, -0.2) is 4.98 Å². The van der Waals surface area contributed by atoms with Crippen molar-refractivity contribution in [2.45, 2.75) is 56.9 Å². The van der Waals surface area contributed by atoms with Gasteiger partial charge in [-0.1, -0.05) is 24.3 Å². The molecular formula is C30H28F6N6. The molecule has 2 aliphatic rings. The summed E-state index contributed by atoms with van der Waals surface area (Å²) in [5.41, 5.74) is 2.39. The lowest BCUT2D eigenvalue weighted by atomic mass is 10.0. The smallest absolute Gasteiger partial charge is 0.324 e. The number of benzene rings is 2. The maximum absolute atomic E-state index is 13.7. The van der Waals surface area contributed by atoms with Gasteiger partial charge in [0.15, 0.2) is 5.82 Å². The molecule has 6 rings (SSSR count). The highest BCUT2D eigenvalue weighted by Crippen LogP contribution is 2.34. The minimum Gasteiger partial charge on any atom is -0.324 e. The summed E-state index contributed by atoms with van der Waals surface area (Å²) >= 11 is 0. The predicted molar refractivity (Wildman–Crippen MR) is 146 cm³/mol. The maximum Gasteiger partial charge on any atom is 0.453 e. The molecule has 0 radical (unpaired) electrons. The second-order valence-corrected chi connectivity index (χ2v) is 10.7. The van der Waals surface area contributed by atoms with Crippen molar-refractivity contribution in [2.75, 3.05) is 18.4 Å². The molecule has 4 aromatic rings. The average molecular weight is 587 g/mol. The fourth-order valence-electron chi connectivity index (χ4n) is 5.80. The van der Waals surface area contributed by atoms with Crippen LogP contribution >= 0.6 is 0 Å². The van der Waals surface area contributed by atoms with Gasteiger partial charge in [0.2, 0.25) is 5.95 Å². The Morgan fingerprint density at radius 3 is 2.24 bits per heavy atom. The van der Waals surface area contributed by atoms with Gasteiger partial charge < -0.3 is 10.2 Å². The molecule has 2 aromatic heterocycles. The zero-order chi connectivity index (χ0) is 29.5. The fraction of sp³-hybridized carbons (Fsp3) is 0.367.